The molecule has 4 heteroatoms. The first kappa shape index (κ1) is 13.9. The molecule has 0 fully saturated rings. The van der Waals surface area contributed by atoms with Gasteiger partial charge in [0.25, 0.3) is 0 Å². The minimum atomic E-state index is -0.278. The minimum Gasteiger partial charge on any atom is -0.324 e. The maximum atomic E-state index is 12.4. The molecule has 1 unspecified atom stereocenters. The second-order valence-electron chi connectivity index (χ2n) is 5.52. The third-order valence-electron chi connectivity index (χ3n) is 3.93. The molecule has 1 heterocycles. The van der Waals surface area contributed by atoms with E-state index in [-0.39, 0.29) is 11.9 Å². The van der Waals surface area contributed by atoms with E-state index in [4.69, 9.17) is 0 Å². The topological polar surface area (TPSA) is 53.2 Å². The van der Waals surface area contributed by atoms with Crippen LogP contribution in [0.1, 0.15) is 31.7 Å². The highest BCUT2D eigenvalue weighted by Crippen LogP contribution is 2.24. The smallest absolute Gasteiger partial charge is 0.247 e. The lowest BCUT2D eigenvalue weighted by atomic mass is 9.97. The Bertz CT molecular complexity index is 587. The molecule has 0 aromatic heterocycles. The molecule has 4 nitrogen and oxygen atoms in total. The number of amides is 1. The average Bonchev–Trinajstić information content (AvgIpc) is 2.93. The Hall–Kier alpha value is -2.07. The molecule has 2 aliphatic rings. The molecule has 1 amide bonds. The maximum Gasteiger partial charge on any atom is 0.247 e. The summed E-state index contributed by atoms with van der Waals surface area (Å²) in [4.78, 5) is 12.4. The van der Waals surface area contributed by atoms with Gasteiger partial charge in [-0.1, -0.05) is 31.6 Å². The van der Waals surface area contributed by atoms with Crippen LogP contribution in [0.25, 0.3) is 0 Å². The molecule has 3 N–H and O–H groups in total. The van der Waals surface area contributed by atoms with Gasteiger partial charge in [0.05, 0.1) is 0 Å². The number of carbonyl (C=O) groups excluding carboxylic acids is 1. The number of hydrazine groups is 1. The van der Waals surface area contributed by atoms with Crippen molar-refractivity contribution < 1.29 is 4.79 Å². The van der Waals surface area contributed by atoms with E-state index >= 15 is 0 Å². The molecule has 1 aliphatic heterocycles. The van der Waals surface area contributed by atoms with Gasteiger partial charge in [-0.2, -0.15) is 0 Å². The van der Waals surface area contributed by atoms with Gasteiger partial charge in [-0.25, -0.2) is 5.43 Å². The summed E-state index contributed by atoms with van der Waals surface area (Å²) in [5, 5.41) is 2.99. The minimum absolute atomic E-state index is 0.00829. The molecule has 3 rings (SSSR count). The number of rotatable bonds is 4. The van der Waals surface area contributed by atoms with E-state index in [2.05, 4.69) is 41.3 Å². The number of carbonyl (C=O) groups is 1. The summed E-state index contributed by atoms with van der Waals surface area (Å²) < 4.78 is 0. The molecule has 1 aromatic rings. The second kappa shape index (κ2) is 6.14. The molecule has 1 aromatic carbocycles. The zero-order valence-electron chi connectivity index (χ0n) is 12.3. The molecule has 1 atom stereocenters. The van der Waals surface area contributed by atoms with Crippen molar-refractivity contribution in [1.29, 1.82) is 0 Å². The van der Waals surface area contributed by atoms with E-state index in [9.17, 15) is 4.79 Å². The van der Waals surface area contributed by atoms with Crippen LogP contribution >= 0.6 is 0 Å². The summed E-state index contributed by atoms with van der Waals surface area (Å²) in [5.41, 5.74) is 10.5. The van der Waals surface area contributed by atoms with Crippen molar-refractivity contribution in [1.82, 2.24) is 10.9 Å². The van der Waals surface area contributed by atoms with Crippen molar-refractivity contribution in [2.75, 3.05) is 5.32 Å². The Morgan fingerprint density at radius 2 is 2.14 bits per heavy atom. The van der Waals surface area contributed by atoms with Gasteiger partial charge in [0.1, 0.15) is 6.04 Å². The average molecular weight is 283 g/mol. The van der Waals surface area contributed by atoms with Crippen LogP contribution in [0.5, 0.6) is 0 Å². The van der Waals surface area contributed by atoms with Gasteiger partial charge in [0.2, 0.25) is 5.91 Å². The maximum absolute atomic E-state index is 12.4. The predicted molar refractivity (Wildman–Crippen MR) is 84.5 cm³/mol. The lowest BCUT2D eigenvalue weighted by Crippen LogP contribution is -2.42. The van der Waals surface area contributed by atoms with Gasteiger partial charge >= 0.3 is 0 Å². The van der Waals surface area contributed by atoms with Gasteiger partial charge in [0, 0.05) is 11.4 Å². The number of benzene rings is 1. The van der Waals surface area contributed by atoms with Crippen molar-refractivity contribution in [3.63, 3.8) is 0 Å². The Kier molecular flexibility index (Phi) is 4.06. The SMILES string of the molecule is CCCc1ccc(NC(=O)C2NNC3=C2CCC=C3)cc1. The lowest BCUT2D eigenvalue weighted by molar-refractivity contribution is -0.117. The number of hydrogen-bond acceptors (Lipinski definition) is 3. The van der Waals surface area contributed by atoms with Crippen LogP contribution in [-0.2, 0) is 11.2 Å². The first-order chi connectivity index (χ1) is 10.3. The number of aryl methyl sites for hydroxylation is 1. The highest BCUT2D eigenvalue weighted by atomic mass is 16.2. The molecule has 0 bridgehead atoms. The number of allylic oxidation sites excluding steroid dienone is 2. The highest BCUT2D eigenvalue weighted by Gasteiger charge is 2.30. The van der Waals surface area contributed by atoms with Crippen LogP contribution in [0.2, 0.25) is 0 Å². The fourth-order valence-corrected chi connectivity index (χ4v) is 2.82. The largest absolute Gasteiger partial charge is 0.324 e. The summed E-state index contributed by atoms with van der Waals surface area (Å²) in [6, 6.07) is 7.82. The zero-order valence-corrected chi connectivity index (χ0v) is 12.3. The van der Waals surface area contributed by atoms with E-state index in [1.807, 2.05) is 18.2 Å². The van der Waals surface area contributed by atoms with Crippen LogP contribution in [0.3, 0.4) is 0 Å². The number of hydrogen-bond donors (Lipinski definition) is 3. The molecule has 110 valence electrons. The van der Waals surface area contributed by atoms with E-state index in [0.717, 1.165) is 42.6 Å². The zero-order chi connectivity index (χ0) is 14.7. The molecular formula is C17H21N3O. The first-order valence-electron chi connectivity index (χ1n) is 7.59. The molecule has 0 spiro atoms. The van der Waals surface area contributed by atoms with Gasteiger partial charge < -0.3 is 10.7 Å². The monoisotopic (exact) mass is 283 g/mol. The van der Waals surface area contributed by atoms with Crippen LogP contribution in [0.4, 0.5) is 5.69 Å². The van der Waals surface area contributed by atoms with Crippen LogP contribution < -0.4 is 16.2 Å². The Morgan fingerprint density at radius 3 is 2.90 bits per heavy atom. The summed E-state index contributed by atoms with van der Waals surface area (Å²) in [6.45, 7) is 2.17. The van der Waals surface area contributed by atoms with E-state index in [1.54, 1.807) is 0 Å². The number of nitrogens with one attached hydrogen (secondary N) is 3. The molecule has 0 radical (unpaired) electrons. The van der Waals surface area contributed by atoms with E-state index in [1.165, 1.54) is 5.56 Å². The quantitative estimate of drug-likeness (QED) is 0.796. The Balaban J connectivity index is 1.66. The third kappa shape index (κ3) is 3.00. The molecule has 0 saturated heterocycles. The third-order valence-corrected chi connectivity index (χ3v) is 3.93. The lowest BCUT2D eigenvalue weighted by Gasteiger charge is -2.15. The molecule has 1 aliphatic carbocycles. The van der Waals surface area contributed by atoms with Gasteiger partial charge in [-0.15, -0.1) is 0 Å². The van der Waals surface area contributed by atoms with E-state index < -0.39 is 0 Å². The fourth-order valence-electron chi connectivity index (χ4n) is 2.82. The van der Waals surface area contributed by atoms with Gasteiger partial charge in [-0.3, -0.25) is 4.79 Å². The van der Waals surface area contributed by atoms with Gasteiger partial charge in [0.15, 0.2) is 0 Å². The van der Waals surface area contributed by atoms with Crippen molar-refractivity contribution in [3.05, 3.63) is 53.3 Å². The summed E-state index contributed by atoms with van der Waals surface area (Å²) in [7, 11) is 0. The Morgan fingerprint density at radius 1 is 1.33 bits per heavy atom. The molecule has 0 saturated carbocycles. The summed E-state index contributed by atoms with van der Waals surface area (Å²) >= 11 is 0. The number of anilines is 1. The van der Waals surface area contributed by atoms with Crippen molar-refractivity contribution in [3.8, 4) is 0 Å². The van der Waals surface area contributed by atoms with Crippen molar-refractivity contribution >= 4 is 11.6 Å². The van der Waals surface area contributed by atoms with Crippen molar-refractivity contribution in [2.24, 2.45) is 0 Å². The normalized spacial score (nSPS) is 20.1. The fraction of sp³-hybridized carbons (Fsp3) is 0.353. The van der Waals surface area contributed by atoms with Gasteiger partial charge in [-0.05, 0) is 48.6 Å². The second-order valence-corrected chi connectivity index (χ2v) is 5.52. The summed E-state index contributed by atoms with van der Waals surface area (Å²) in [5.74, 6) is -0.00829. The van der Waals surface area contributed by atoms with Crippen LogP contribution in [-0.4, -0.2) is 11.9 Å². The predicted octanol–water partition coefficient (Wildman–Crippen LogP) is 2.66. The standard InChI is InChI=1S/C17H21N3O/c1-2-5-12-8-10-13(11-9-12)18-17(21)16-14-6-3-4-7-15(14)19-20-16/h4,7-11,16,19-20H,2-3,5-6H2,1H3,(H,18,21). The van der Waals surface area contributed by atoms with Crippen LogP contribution in [0.15, 0.2) is 47.7 Å². The highest BCUT2D eigenvalue weighted by molar-refractivity contribution is 5.97. The first-order valence-corrected chi connectivity index (χ1v) is 7.59. The summed E-state index contributed by atoms with van der Waals surface area (Å²) in [6.07, 6.45) is 8.30. The molecule has 21 heavy (non-hydrogen) atoms. The van der Waals surface area contributed by atoms with Crippen LogP contribution in [0, 0.1) is 0 Å². The van der Waals surface area contributed by atoms with Crippen molar-refractivity contribution in [2.45, 2.75) is 38.6 Å². The van der Waals surface area contributed by atoms with E-state index in [0.29, 0.717) is 0 Å². The Labute approximate surface area is 125 Å². The molecular weight excluding hydrogens is 262 g/mol.